The van der Waals surface area contributed by atoms with Crippen LogP contribution in [0.2, 0.25) is 0 Å². The molecule has 0 aliphatic heterocycles. The van der Waals surface area contributed by atoms with E-state index < -0.39 is 0 Å². The van der Waals surface area contributed by atoms with Gasteiger partial charge in [-0.3, -0.25) is 0 Å². The van der Waals surface area contributed by atoms with Crippen molar-refractivity contribution in [2.45, 2.75) is 19.9 Å². The number of nitrogens with two attached hydrogens (primary N) is 2. The molecule has 0 saturated carbocycles. The van der Waals surface area contributed by atoms with E-state index in [1.54, 1.807) is 14.2 Å². The predicted molar refractivity (Wildman–Crippen MR) is 123 cm³/mol. The first kappa shape index (κ1) is 21.1. The van der Waals surface area contributed by atoms with Gasteiger partial charge in [-0.2, -0.15) is 15.0 Å². The summed E-state index contributed by atoms with van der Waals surface area (Å²) in [6.07, 6.45) is 0.517. The van der Waals surface area contributed by atoms with Gasteiger partial charge in [-0.15, -0.1) is 0 Å². The molecule has 4 aromatic rings. The van der Waals surface area contributed by atoms with Gasteiger partial charge in [0.05, 0.1) is 25.6 Å². The van der Waals surface area contributed by atoms with Crippen LogP contribution in [-0.2, 0) is 13.0 Å². The minimum absolute atomic E-state index is 0.111. The molecule has 2 aromatic carbocycles. The molecule has 9 heteroatoms. The van der Waals surface area contributed by atoms with Crippen LogP contribution in [0.25, 0.3) is 22.5 Å². The molecule has 4 N–H and O–H groups in total. The third kappa shape index (κ3) is 4.31. The van der Waals surface area contributed by atoms with Crippen LogP contribution in [0, 0.1) is 6.92 Å². The van der Waals surface area contributed by atoms with Crippen LogP contribution < -0.4 is 20.9 Å². The van der Waals surface area contributed by atoms with Gasteiger partial charge in [0.1, 0.15) is 23.1 Å². The average molecular weight is 432 g/mol. The maximum atomic E-state index is 5.73. The fourth-order valence-electron chi connectivity index (χ4n) is 3.65. The third-order valence-corrected chi connectivity index (χ3v) is 5.12. The summed E-state index contributed by atoms with van der Waals surface area (Å²) in [6, 6.07) is 15.8. The maximum absolute atomic E-state index is 5.73. The van der Waals surface area contributed by atoms with E-state index in [-0.39, 0.29) is 11.9 Å². The molecule has 0 fully saturated rings. The highest BCUT2D eigenvalue weighted by Crippen LogP contribution is 2.35. The van der Waals surface area contributed by atoms with E-state index in [1.807, 2.05) is 55.5 Å². The Morgan fingerprint density at radius 1 is 0.812 bits per heavy atom. The zero-order valence-corrected chi connectivity index (χ0v) is 18.2. The monoisotopic (exact) mass is 431 g/mol. The molecular weight excluding hydrogens is 406 g/mol. The van der Waals surface area contributed by atoms with Gasteiger partial charge in [0.25, 0.3) is 0 Å². The molecule has 0 aliphatic rings. The van der Waals surface area contributed by atoms with Gasteiger partial charge in [0.2, 0.25) is 11.9 Å². The maximum Gasteiger partial charge on any atom is 0.225 e. The second-order valence-corrected chi connectivity index (χ2v) is 7.19. The van der Waals surface area contributed by atoms with E-state index in [4.69, 9.17) is 25.9 Å². The first-order chi connectivity index (χ1) is 15.5. The SMILES string of the molecule is COc1cccc(-c2nc(C)n(CCc3nc(N)nc(N)n3)c2-c2cccc(OC)c2)c1. The highest BCUT2D eigenvalue weighted by atomic mass is 16.5. The van der Waals surface area contributed by atoms with Gasteiger partial charge in [-0.1, -0.05) is 24.3 Å². The molecule has 0 saturated heterocycles. The minimum Gasteiger partial charge on any atom is -0.497 e. The average Bonchev–Trinajstić information content (AvgIpc) is 3.13. The smallest absolute Gasteiger partial charge is 0.225 e. The zero-order valence-electron chi connectivity index (χ0n) is 18.2. The van der Waals surface area contributed by atoms with Gasteiger partial charge in [-0.05, 0) is 31.2 Å². The van der Waals surface area contributed by atoms with Crippen molar-refractivity contribution >= 4 is 11.9 Å². The molecule has 0 atom stereocenters. The number of methoxy groups -OCH3 is 2. The topological polar surface area (TPSA) is 127 Å². The van der Waals surface area contributed by atoms with E-state index >= 15 is 0 Å². The number of imidazole rings is 1. The molecule has 9 nitrogen and oxygen atoms in total. The number of ether oxygens (including phenoxy) is 2. The van der Waals surface area contributed by atoms with E-state index in [1.165, 1.54) is 0 Å². The van der Waals surface area contributed by atoms with Crippen molar-refractivity contribution in [2.24, 2.45) is 0 Å². The van der Waals surface area contributed by atoms with E-state index in [0.29, 0.717) is 18.8 Å². The first-order valence-corrected chi connectivity index (χ1v) is 10.1. The van der Waals surface area contributed by atoms with Gasteiger partial charge in [0.15, 0.2) is 0 Å². The molecule has 0 radical (unpaired) electrons. The number of aryl methyl sites for hydroxylation is 2. The van der Waals surface area contributed by atoms with Crippen molar-refractivity contribution in [3.8, 4) is 34.0 Å². The highest BCUT2D eigenvalue weighted by molar-refractivity contribution is 5.80. The van der Waals surface area contributed by atoms with Gasteiger partial charge in [0, 0.05) is 24.1 Å². The molecule has 2 heterocycles. The molecule has 0 aliphatic carbocycles. The number of rotatable bonds is 7. The van der Waals surface area contributed by atoms with E-state index in [2.05, 4.69) is 19.5 Å². The summed E-state index contributed by atoms with van der Waals surface area (Å²) in [5, 5.41) is 0. The number of nitrogens with zero attached hydrogens (tertiary/aromatic N) is 5. The highest BCUT2D eigenvalue weighted by Gasteiger charge is 2.19. The summed E-state index contributed by atoms with van der Waals surface area (Å²) < 4.78 is 13.0. The molecule has 0 unspecified atom stereocenters. The van der Waals surface area contributed by atoms with E-state index in [9.17, 15) is 0 Å². The molecule has 0 bridgehead atoms. The van der Waals surface area contributed by atoms with Crippen molar-refractivity contribution < 1.29 is 9.47 Å². The van der Waals surface area contributed by atoms with Crippen LogP contribution in [0.4, 0.5) is 11.9 Å². The van der Waals surface area contributed by atoms with Crippen LogP contribution in [0.3, 0.4) is 0 Å². The molecule has 164 valence electrons. The Labute approximate surface area is 186 Å². The number of hydrogen-bond acceptors (Lipinski definition) is 8. The largest absolute Gasteiger partial charge is 0.497 e. The van der Waals surface area contributed by atoms with Crippen LogP contribution in [0.1, 0.15) is 11.6 Å². The number of aromatic nitrogens is 5. The molecule has 0 spiro atoms. The Morgan fingerprint density at radius 2 is 1.41 bits per heavy atom. The van der Waals surface area contributed by atoms with Crippen molar-refractivity contribution in [1.29, 1.82) is 0 Å². The fourth-order valence-corrected chi connectivity index (χ4v) is 3.65. The summed E-state index contributed by atoms with van der Waals surface area (Å²) in [6.45, 7) is 2.56. The molecule has 4 rings (SSSR count). The molecule has 32 heavy (non-hydrogen) atoms. The lowest BCUT2D eigenvalue weighted by Gasteiger charge is -2.13. The Kier molecular flexibility index (Phi) is 5.89. The summed E-state index contributed by atoms with van der Waals surface area (Å²) in [5.74, 6) is 3.14. The van der Waals surface area contributed by atoms with Crippen LogP contribution in [0.5, 0.6) is 11.5 Å². The molecular formula is C23H25N7O2. The Morgan fingerprint density at radius 3 is 2.03 bits per heavy atom. The number of anilines is 2. The van der Waals surface area contributed by atoms with Gasteiger partial charge < -0.3 is 25.5 Å². The first-order valence-electron chi connectivity index (χ1n) is 10.1. The van der Waals surface area contributed by atoms with Crippen LogP contribution in [-0.4, -0.2) is 38.7 Å². The van der Waals surface area contributed by atoms with Crippen molar-refractivity contribution in [1.82, 2.24) is 24.5 Å². The van der Waals surface area contributed by atoms with Gasteiger partial charge in [-0.25, -0.2) is 4.98 Å². The summed E-state index contributed by atoms with van der Waals surface area (Å²) in [5.41, 5.74) is 15.2. The molecule has 2 aromatic heterocycles. The Bertz CT molecular complexity index is 1230. The number of benzene rings is 2. The third-order valence-electron chi connectivity index (χ3n) is 5.12. The van der Waals surface area contributed by atoms with Crippen LogP contribution >= 0.6 is 0 Å². The summed E-state index contributed by atoms with van der Waals surface area (Å²) in [4.78, 5) is 17.1. The summed E-state index contributed by atoms with van der Waals surface area (Å²) in [7, 11) is 3.30. The quantitative estimate of drug-likeness (QED) is 0.457. The number of hydrogen-bond donors (Lipinski definition) is 2. The Hall–Kier alpha value is -4.14. The van der Waals surface area contributed by atoms with Crippen LogP contribution in [0.15, 0.2) is 48.5 Å². The number of nitrogen functional groups attached to an aromatic ring is 2. The fraction of sp³-hybridized carbons (Fsp3) is 0.217. The van der Waals surface area contributed by atoms with Crippen molar-refractivity contribution in [3.05, 3.63) is 60.2 Å². The lowest BCUT2D eigenvalue weighted by molar-refractivity contribution is 0.415. The normalized spacial score (nSPS) is 10.8. The van der Waals surface area contributed by atoms with Crippen molar-refractivity contribution in [2.75, 3.05) is 25.7 Å². The predicted octanol–water partition coefficient (Wildman–Crippen LogP) is 3.13. The summed E-state index contributed by atoms with van der Waals surface area (Å²) >= 11 is 0. The minimum atomic E-state index is 0.111. The lowest BCUT2D eigenvalue weighted by atomic mass is 10.0. The second-order valence-electron chi connectivity index (χ2n) is 7.19. The van der Waals surface area contributed by atoms with E-state index in [0.717, 1.165) is 39.8 Å². The Balaban J connectivity index is 1.82. The molecule has 0 amide bonds. The van der Waals surface area contributed by atoms with Crippen molar-refractivity contribution in [3.63, 3.8) is 0 Å². The standard InChI is InChI=1S/C23H25N7O2/c1-14-26-20(15-6-4-8-17(12-15)31-2)21(16-7-5-9-18(13-16)32-3)30(14)11-10-19-27-22(24)29-23(25)28-19/h4-9,12-13H,10-11H2,1-3H3,(H4,24,25,27,28,29). The van der Waals surface area contributed by atoms with Gasteiger partial charge >= 0.3 is 0 Å². The zero-order chi connectivity index (χ0) is 22.7. The lowest BCUT2D eigenvalue weighted by Crippen LogP contribution is -2.11. The second kappa shape index (κ2) is 8.93.